The van der Waals surface area contributed by atoms with E-state index in [-0.39, 0.29) is 0 Å². The maximum Gasteiger partial charge on any atom is 0.0884 e. The van der Waals surface area contributed by atoms with Gasteiger partial charge in [-0.05, 0) is 11.5 Å². The summed E-state index contributed by atoms with van der Waals surface area (Å²) in [6, 6.07) is 10.2. The van der Waals surface area contributed by atoms with Gasteiger partial charge in [0.05, 0.1) is 12.3 Å². The second-order valence-electron chi connectivity index (χ2n) is 2.96. The van der Waals surface area contributed by atoms with Crippen LogP contribution in [0.3, 0.4) is 0 Å². The van der Waals surface area contributed by atoms with Gasteiger partial charge in [-0.15, -0.1) is 0 Å². The van der Waals surface area contributed by atoms with Crippen LogP contribution >= 0.6 is 0 Å². The van der Waals surface area contributed by atoms with Crippen LogP contribution in [0.5, 0.6) is 0 Å². The van der Waals surface area contributed by atoms with Gasteiger partial charge in [-0.1, -0.05) is 24.3 Å². The Hall–Kier alpha value is -1.41. The zero-order chi connectivity index (χ0) is 9.10. The Morgan fingerprint density at radius 2 is 2.00 bits per heavy atom. The minimum atomic E-state index is 0.574. The first kappa shape index (κ1) is 8.20. The van der Waals surface area contributed by atoms with Crippen LogP contribution in [0.25, 0.3) is 10.8 Å². The van der Waals surface area contributed by atoms with Crippen LogP contribution in [-0.2, 0) is 11.3 Å². The SMILES string of the molecule is COCc1cc2ccccc2cn1. The molecule has 0 amide bonds. The summed E-state index contributed by atoms with van der Waals surface area (Å²) in [7, 11) is 1.68. The molecule has 0 fully saturated rings. The van der Waals surface area contributed by atoms with E-state index in [0.717, 1.165) is 5.69 Å². The third-order valence-electron chi connectivity index (χ3n) is 1.98. The molecule has 0 atom stereocenters. The molecule has 0 saturated heterocycles. The number of methoxy groups -OCH3 is 1. The predicted octanol–water partition coefficient (Wildman–Crippen LogP) is 2.38. The molecule has 0 bridgehead atoms. The fraction of sp³-hybridized carbons (Fsp3) is 0.182. The maximum absolute atomic E-state index is 5.01. The zero-order valence-electron chi connectivity index (χ0n) is 7.53. The molecule has 0 N–H and O–H groups in total. The van der Waals surface area contributed by atoms with E-state index in [4.69, 9.17) is 4.74 Å². The van der Waals surface area contributed by atoms with Gasteiger partial charge >= 0.3 is 0 Å². The molecular formula is C11H11NO. The molecule has 0 aliphatic heterocycles. The summed E-state index contributed by atoms with van der Waals surface area (Å²) >= 11 is 0. The first-order valence-corrected chi connectivity index (χ1v) is 4.23. The Morgan fingerprint density at radius 3 is 2.77 bits per heavy atom. The average molecular weight is 173 g/mol. The van der Waals surface area contributed by atoms with Gasteiger partial charge in [0.2, 0.25) is 0 Å². The fourth-order valence-electron chi connectivity index (χ4n) is 1.36. The van der Waals surface area contributed by atoms with Crippen LogP contribution in [0.1, 0.15) is 5.69 Å². The first-order chi connectivity index (χ1) is 6.40. The molecule has 2 heteroatoms. The van der Waals surface area contributed by atoms with E-state index < -0.39 is 0 Å². The summed E-state index contributed by atoms with van der Waals surface area (Å²) in [4.78, 5) is 4.27. The third-order valence-corrected chi connectivity index (χ3v) is 1.98. The molecule has 0 saturated carbocycles. The molecule has 13 heavy (non-hydrogen) atoms. The highest BCUT2D eigenvalue weighted by Gasteiger charge is 1.95. The summed E-state index contributed by atoms with van der Waals surface area (Å²) in [6.07, 6.45) is 1.88. The second kappa shape index (κ2) is 3.54. The monoisotopic (exact) mass is 173 g/mol. The molecule has 0 aliphatic carbocycles. The van der Waals surface area contributed by atoms with Crippen molar-refractivity contribution < 1.29 is 4.74 Å². The fourth-order valence-corrected chi connectivity index (χ4v) is 1.36. The van der Waals surface area contributed by atoms with Crippen molar-refractivity contribution in [1.29, 1.82) is 0 Å². The van der Waals surface area contributed by atoms with Crippen LogP contribution in [0.4, 0.5) is 0 Å². The van der Waals surface area contributed by atoms with Gasteiger partial charge < -0.3 is 4.74 Å². The predicted molar refractivity (Wildman–Crippen MR) is 52.5 cm³/mol. The molecular weight excluding hydrogens is 162 g/mol. The molecule has 1 heterocycles. The van der Waals surface area contributed by atoms with Crippen molar-refractivity contribution in [2.45, 2.75) is 6.61 Å². The van der Waals surface area contributed by atoms with Crippen molar-refractivity contribution in [3.05, 3.63) is 42.2 Å². The van der Waals surface area contributed by atoms with Crippen LogP contribution in [0.2, 0.25) is 0 Å². The highest BCUT2D eigenvalue weighted by atomic mass is 16.5. The Kier molecular flexibility index (Phi) is 2.23. The van der Waals surface area contributed by atoms with Gasteiger partial charge in [0.25, 0.3) is 0 Å². The normalized spacial score (nSPS) is 10.5. The summed E-state index contributed by atoms with van der Waals surface area (Å²) in [6.45, 7) is 0.574. The van der Waals surface area contributed by atoms with Gasteiger partial charge in [-0.3, -0.25) is 4.98 Å². The van der Waals surface area contributed by atoms with E-state index in [2.05, 4.69) is 23.2 Å². The van der Waals surface area contributed by atoms with Gasteiger partial charge in [-0.2, -0.15) is 0 Å². The van der Waals surface area contributed by atoms with Crippen molar-refractivity contribution in [2.75, 3.05) is 7.11 Å². The number of pyridine rings is 1. The van der Waals surface area contributed by atoms with E-state index in [0.29, 0.717) is 6.61 Å². The van der Waals surface area contributed by atoms with E-state index in [1.165, 1.54) is 10.8 Å². The number of ether oxygens (including phenoxy) is 1. The van der Waals surface area contributed by atoms with Gasteiger partial charge in [0.15, 0.2) is 0 Å². The summed E-state index contributed by atoms with van der Waals surface area (Å²) < 4.78 is 5.01. The molecule has 2 nitrogen and oxygen atoms in total. The lowest BCUT2D eigenvalue weighted by Gasteiger charge is -2.00. The molecule has 66 valence electrons. The average Bonchev–Trinajstić information content (AvgIpc) is 2.18. The summed E-state index contributed by atoms with van der Waals surface area (Å²) in [5, 5.41) is 2.38. The van der Waals surface area contributed by atoms with E-state index in [1.807, 2.05) is 18.3 Å². The smallest absolute Gasteiger partial charge is 0.0884 e. The molecule has 0 unspecified atom stereocenters. The largest absolute Gasteiger partial charge is 0.378 e. The van der Waals surface area contributed by atoms with Crippen LogP contribution in [0, 0.1) is 0 Å². The summed E-state index contributed by atoms with van der Waals surface area (Å²) in [5.74, 6) is 0. The topological polar surface area (TPSA) is 22.1 Å². The quantitative estimate of drug-likeness (QED) is 0.695. The van der Waals surface area contributed by atoms with Crippen molar-refractivity contribution in [2.24, 2.45) is 0 Å². The molecule has 1 aromatic carbocycles. The standard InChI is InChI=1S/C11H11NO/c1-13-8-11-6-9-4-2-3-5-10(9)7-12-11/h2-7H,8H2,1H3. The van der Waals surface area contributed by atoms with Crippen LogP contribution in [-0.4, -0.2) is 12.1 Å². The number of fused-ring (bicyclic) bond motifs is 1. The van der Waals surface area contributed by atoms with Gasteiger partial charge in [0.1, 0.15) is 0 Å². The van der Waals surface area contributed by atoms with Crippen molar-refractivity contribution in [1.82, 2.24) is 4.98 Å². The Balaban J connectivity index is 2.49. The Bertz CT molecular complexity index is 412. The number of nitrogens with zero attached hydrogens (tertiary/aromatic N) is 1. The molecule has 2 rings (SSSR count). The van der Waals surface area contributed by atoms with Crippen molar-refractivity contribution >= 4 is 10.8 Å². The van der Waals surface area contributed by atoms with Crippen molar-refractivity contribution in [3.63, 3.8) is 0 Å². The third kappa shape index (κ3) is 1.68. The lowest BCUT2D eigenvalue weighted by molar-refractivity contribution is 0.181. The van der Waals surface area contributed by atoms with Crippen molar-refractivity contribution in [3.8, 4) is 0 Å². The molecule has 0 aliphatic rings. The highest BCUT2D eigenvalue weighted by molar-refractivity contribution is 5.81. The summed E-state index contributed by atoms with van der Waals surface area (Å²) in [5.41, 5.74) is 0.973. The van der Waals surface area contributed by atoms with Gasteiger partial charge in [-0.25, -0.2) is 0 Å². The van der Waals surface area contributed by atoms with Crippen LogP contribution in [0.15, 0.2) is 36.5 Å². The van der Waals surface area contributed by atoms with Crippen LogP contribution < -0.4 is 0 Å². The minimum absolute atomic E-state index is 0.574. The number of rotatable bonds is 2. The highest BCUT2D eigenvalue weighted by Crippen LogP contribution is 2.13. The first-order valence-electron chi connectivity index (χ1n) is 4.23. The van der Waals surface area contributed by atoms with E-state index in [1.54, 1.807) is 7.11 Å². The number of hydrogen-bond donors (Lipinski definition) is 0. The minimum Gasteiger partial charge on any atom is -0.378 e. The maximum atomic E-state index is 5.01. The zero-order valence-corrected chi connectivity index (χ0v) is 7.53. The molecule has 2 aromatic rings. The lowest BCUT2D eigenvalue weighted by atomic mass is 10.1. The second-order valence-corrected chi connectivity index (χ2v) is 2.96. The Morgan fingerprint density at radius 1 is 1.23 bits per heavy atom. The Labute approximate surface area is 77.2 Å². The number of hydrogen-bond acceptors (Lipinski definition) is 2. The lowest BCUT2D eigenvalue weighted by Crippen LogP contribution is -1.91. The molecule has 0 spiro atoms. The van der Waals surface area contributed by atoms with Gasteiger partial charge in [0, 0.05) is 18.7 Å². The number of benzene rings is 1. The van der Waals surface area contributed by atoms with E-state index in [9.17, 15) is 0 Å². The molecule has 0 radical (unpaired) electrons. The number of aromatic nitrogens is 1. The van der Waals surface area contributed by atoms with E-state index >= 15 is 0 Å². The molecule has 1 aromatic heterocycles.